The Morgan fingerprint density at radius 1 is 0.857 bits per heavy atom. The first-order valence-corrected chi connectivity index (χ1v) is 6.11. The van der Waals surface area contributed by atoms with Crippen molar-refractivity contribution in [3.05, 3.63) is 85.6 Å². The first-order chi connectivity index (χ1) is 10.1. The lowest BCUT2D eigenvalue weighted by Gasteiger charge is -2.03. The molecule has 0 amide bonds. The topological polar surface area (TPSA) is 52.6 Å². The van der Waals surface area contributed by atoms with Gasteiger partial charge in [0.1, 0.15) is 0 Å². The number of carbonyl (C=O) groups is 2. The van der Waals surface area contributed by atoms with Crippen molar-refractivity contribution >= 4 is 11.9 Å². The smallest absolute Gasteiger partial charge is 0.242 e. The van der Waals surface area contributed by atoms with Gasteiger partial charge in [0.05, 0.1) is 11.1 Å². The molecule has 0 unspecified atom stereocenters. The predicted molar refractivity (Wildman–Crippen MR) is 82.9 cm³/mol. The highest BCUT2D eigenvalue weighted by Crippen LogP contribution is 2.05. The summed E-state index contributed by atoms with van der Waals surface area (Å²) in [6.07, 6.45) is 13.6. The molecular weight excluding hydrogens is 268 g/mol. The van der Waals surface area contributed by atoms with Crippen LogP contribution in [-0.4, -0.2) is 11.9 Å². The van der Waals surface area contributed by atoms with Gasteiger partial charge in [0.15, 0.2) is 0 Å². The molecule has 0 rings (SSSR count). The Morgan fingerprint density at radius 3 is 1.90 bits per heavy atom. The zero-order valence-electron chi connectivity index (χ0n) is 12.0. The van der Waals surface area contributed by atoms with Gasteiger partial charge in [-0.3, -0.25) is 0 Å². The number of hydrogen-bond donors (Lipinski definition) is 0. The Kier molecular flexibility index (Phi) is 9.48. The minimum absolute atomic E-state index is 0.143. The van der Waals surface area contributed by atoms with Gasteiger partial charge in [0.2, 0.25) is 0 Å². The standard InChI is InChI=1S/C17H18O4/c1-5-9-11-13-15(8-4)17(19)21-20-16(18)14(7-3)12-10-6-2/h5-13H,1-2,4H2,3H3/b11-9-,12-10-,14-7+,15-13+. The molecule has 0 aromatic rings. The largest absolute Gasteiger partial charge is 0.386 e. The molecule has 0 atom stereocenters. The lowest BCUT2D eigenvalue weighted by molar-refractivity contribution is -0.251. The molecule has 0 heterocycles. The molecule has 0 saturated carbocycles. The van der Waals surface area contributed by atoms with Crippen LogP contribution in [0.1, 0.15) is 6.92 Å². The minimum Gasteiger partial charge on any atom is -0.242 e. The second-order valence-electron chi connectivity index (χ2n) is 3.53. The molecule has 0 N–H and O–H groups in total. The average molecular weight is 286 g/mol. The van der Waals surface area contributed by atoms with Gasteiger partial charge in [0, 0.05) is 0 Å². The molecule has 0 aliphatic rings. The van der Waals surface area contributed by atoms with Crippen LogP contribution in [0.15, 0.2) is 85.6 Å². The number of carbonyl (C=O) groups excluding carboxylic acids is 2. The third kappa shape index (κ3) is 7.32. The fourth-order valence-corrected chi connectivity index (χ4v) is 1.08. The van der Waals surface area contributed by atoms with Crippen molar-refractivity contribution in [3.8, 4) is 0 Å². The van der Waals surface area contributed by atoms with Gasteiger partial charge in [-0.1, -0.05) is 62.3 Å². The molecule has 0 spiro atoms. The molecule has 0 aromatic carbocycles. The van der Waals surface area contributed by atoms with Crippen LogP contribution in [0.2, 0.25) is 0 Å². The Bertz CT molecular complexity index is 531. The molecular formula is C17H18O4. The molecule has 4 nitrogen and oxygen atoms in total. The second kappa shape index (κ2) is 11.0. The fourth-order valence-electron chi connectivity index (χ4n) is 1.08. The third-order valence-electron chi connectivity index (χ3n) is 2.13. The van der Waals surface area contributed by atoms with E-state index in [1.54, 1.807) is 31.2 Å². The van der Waals surface area contributed by atoms with Gasteiger partial charge in [-0.25, -0.2) is 19.4 Å². The average Bonchev–Trinajstić information content (AvgIpc) is 2.50. The molecule has 4 heteroatoms. The van der Waals surface area contributed by atoms with Crippen LogP contribution in [0, 0.1) is 0 Å². The summed E-state index contributed by atoms with van der Waals surface area (Å²) in [5.74, 6) is -1.61. The van der Waals surface area contributed by atoms with Crippen molar-refractivity contribution in [2.24, 2.45) is 0 Å². The summed E-state index contributed by atoms with van der Waals surface area (Å²) in [4.78, 5) is 32.2. The summed E-state index contributed by atoms with van der Waals surface area (Å²) in [7, 11) is 0. The van der Waals surface area contributed by atoms with Gasteiger partial charge >= 0.3 is 11.9 Å². The summed E-state index contributed by atoms with van der Waals surface area (Å²) < 4.78 is 0. The van der Waals surface area contributed by atoms with E-state index < -0.39 is 11.9 Å². The molecule has 0 fully saturated rings. The van der Waals surface area contributed by atoms with Gasteiger partial charge in [-0.15, -0.1) is 0 Å². The predicted octanol–water partition coefficient (Wildman–Crippen LogP) is 3.53. The van der Waals surface area contributed by atoms with E-state index in [1.165, 1.54) is 30.4 Å². The number of allylic oxidation sites excluding steroid dienone is 7. The second-order valence-corrected chi connectivity index (χ2v) is 3.53. The first-order valence-electron chi connectivity index (χ1n) is 6.11. The summed E-state index contributed by atoms with van der Waals surface area (Å²) in [5, 5.41) is 0. The van der Waals surface area contributed by atoms with Crippen LogP contribution in [-0.2, 0) is 19.4 Å². The van der Waals surface area contributed by atoms with E-state index in [4.69, 9.17) is 0 Å². The van der Waals surface area contributed by atoms with Crippen molar-refractivity contribution in [3.63, 3.8) is 0 Å². The van der Waals surface area contributed by atoms with E-state index in [0.717, 1.165) is 0 Å². The number of rotatable bonds is 7. The van der Waals surface area contributed by atoms with Gasteiger partial charge in [0.25, 0.3) is 0 Å². The van der Waals surface area contributed by atoms with Crippen molar-refractivity contribution in [1.82, 2.24) is 0 Å². The quantitative estimate of drug-likeness (QED) is 0.311. The van der Waals surface area contributed by atoms with Crippen LogP contribution in [0.25, 0.3) is 0 Å². The van der Waals surface area contributed by atoms with Crippen LogP contribution >= 0.6 is 0 Å². The molecule has 0 aromatic heterocycles. The minimum atomic E-state index is -0.824. The normalized spacial score (nSPS) is 12.2. The van der Waals surface area contributed by atoms with Crippen molar-refractivity contribution in [1.29, 1.82) is 0 Å². The first kappa shape index (κ1) is 18.1. The molecule has 0 saturated heterocycles. The Labute approximate surface area is 124 Å². The maximum absolute atomic E-state index is 11.6. The molecule has 0 aliphatic heterocycles. The third-order valence-corrected chi connectivity index (χ3v) is 2.13. The lowest BCUT2D eigenvalue weighted by atomic mass is 10.2. The van der Waals surface area contributed by atoms with Crippen LogP contribution in [0.5, 0.6) is 0 Å². The van der Waals surface area contributed by atoms with Gasteiger partial charge < -0.3 is 0 Å². The Balaban J connectivity index is 4.69. The van der Waals surface area contributed by atoms with Crippen molar-refractivity contribution in [2.75, 3.05) is 0 Å². The summed E-state index contributed by atoms with van der Waals surface area (Å²) in [5.41, 5.74) is 0.378. The van der Waals surface area contributed by atoms with E-state index in [0.29, 0.717) is 0 Å². The monoisotopic (exact) mass is 286 g/mol. The highest BCUT2D eigenvalue weighted by molar-refractivity contribution is 5.94. The maximum Gasteiger partial charge on any atom is 0.386 e. The van der Waals surface area contributed by atoms with E-state index in [9.17, 15) is 9.59 Å². The van der Waals surface area contributed by atoms with Gasteiger partial charge in [-0.05, 0) is 19.1 Å². The highest BCUT2D eigenvalue weighted by atomic mass is 17.2. The van der Waals surface area contributed by atoms with Crippen molar-refractivity contribution < 1.29 is 19.4 Å². The maximum atomic E-state index is 11.6. The van der Waals surface area contributed by atoms with Crippen molar-refractivity contribution in [2.45, 2.75) is 6.92 Å². The Hall–Kier alpha value is -2.88. The van der Waals surface area contributed by atoms with E-state index in [-0.39, 0.29) is 11.1 Å². The van der Waals surface area contributed by atoms with Crippen LogP contribution in [0.4, 0.5) is 0 Å². The fraction of sp³-hybridized carbons (Fsp3) is 0.0588. The molecule has 110 valence electrons. The zero-order chi connectivity index (χ0) is 16.1. The van der Waals surface area contributed by atoms with Gasteiger partial charge in [-0.2, -0.15) is 0 Å². The molecule has 21 heavy (non-hydrogen) atoms. The van der Waals surface area contributed by atoms with Crippen LogP contribution < -0.4 is 0 Å². The summed E-state index contributed by atoms with van der Waals surface area (Å²) in [6.45, 7) is 12.1. The highest BCUT2D eigenvalue weighted by Gasteiger charge is 2.14. The molecule has 0 bridgehead atoms. The zero-order valence-corrected chi connectivity index (χ0v) is 12.0. The molecule has 0 aliphatic carbocycles. The summed E-state index contributed by atoms with van der Waals surface area (Å²) >= 11 is 0. The summed E-state index contributed by atoms with van der Waals surface area (Å²) in [6, 6.07) is 0. The van der Waals surface area contributed by atoms with E-state index in [1.807, 2.05) is 0 Å². The van der Waals surface area contributed by atoms with E-state index >= 15 is 0 Å². The lowest BCUT2D eigenvalue weighted by Crippen LogP contribution is -2.13. The Morgan fingerprint density at radius 2 is 1.43 bits per heavy atom. The molecule has 0 radical (unpaired) electrons. The number of hydrogen-bond acceptors (Lipinski definition) is 4. The SMILES string of the molecule is C=C/C=C\C=C(/C=C)C(=O)OOC(=O)C(/C=C\C=C)=C/C. The van der Waals surface area contributed by atoms with Crippen LogP contribution in [0.3, 0.4) is 0 Å². The van der Waals surface area contributed by atoms with E-state index in [2.05, 4.69) is 29.5 Å².